The van der Waals surface area contributed by atoms with Gasteiger partial charge in [-0.15, -0.1) is 6.58 Å². The van der Waals surface area contributed by atoms with E-state index in [0.717, 1.165) is 15.6 Å². The summed E-state index contributed by atoms with van der Waals surface area (Å²) in [5.74, 6) is -0.721. The maximum absolute atomic E-state index is 13.7. The van der Waals surface area contributed by atoms with Gasteiger partial charge in [-0.05, 0) is 42.8 Å². The number of fused-ring (bicyclic) bond motifs is 1. The summed E-state index contributed by atoms with van der Waals surface area (Å²) < 4.78 is 29.4. The number of carbonyl (C=O) groups is 1. The number of halogens is 1. The van der Waals surface area contributed by atoms with Crippen LogP contribution >= 0.6 is 15.9 Å². The minimum absolute atomic E-state index is 0.152. The van der Waals surface area contributed by atoms with E-state index in [2.05, 4.69) is 22.5 Å². The number of carbonyl (C=O) groups excluding carboxylic acids is 1. The molecule has 2 atom stereocenters. The molecular weight excluding hydrogens is 462 g/mol. The number of anilines is 1. The number of ketones is 1. The molecular formula is C24H20BrNO3S. The van der Waals surface area contributed by atoms with E-state index in [0.29, 0.717) is 11.3 Å². The molecule has 3 aromatic rings. The average molecular weight is 482 g/mol. The van der Waals surface area contributed by atoms with Crippen molar-refractivity contribution in [1.82, 2.24) is 0 Å². The number of rotatable bonds is 5. The molecule has 1 aliphatic rings. The first-order valence-corrected chi connectivity index (χ1v) is 11.7. The van der Waals surface area contributed by atoms with Gasteiger partial charge in [0, 0.05) is 16.0 Å². The van der Waals surface area contributed by atoms with Crippen LogP contribution in [-0.4, -0.2) is 20.2 Å². The number of Topliss-reactive ketones (excluding diaryl/α,β-unsaturated/α-hetero) is 1. The highest BCUT2D eigenvalue weighted by molar-refractivity contribution is 9.10. The fourth-order valence-corrected chi connectivity index (χ4v) is 5.93. The molecule has 0 aromatic heterocycles. The van der Waals surface area contributed by atoms with Gasteiger partial charge >= 0.3 is 0 Å². The Balaban J connectivity index is 1.91. The predicted octanol–water partition coefficient (Wildman–Crippen LogP) is 5.49. The molecule has 1 aliphatic heterocycles. The van der Waals surface area contributed by atoms with E-state index in [1.54, 1.807) is 60.7 Å². The highest BCUT2D eigenvalue weighted by Crippen LogP contribution is 2.45. The fourth-order valence-electron chi connectivity index (χ4n) is 3.88. The zero-order valence-electron chi connectivity index (χ0n) is 16.3. The standard InChI is InChI=1S/C24H20BrNO3S/c1-3-20-21-9-4-5-10-22(21)26(30(28,29)19-13-11-16(2)12-14-19)23(20)24(27)17-7-6-8-18(25)15-17/h3-15,20,23H,1H2,2H3. The Labute approximate surface area is 185 Å². The average Bonchev–Trinajstić information content (AvgIpc) is 3.08. The molecule has 1 heterocycles. The first-order chi connectivity index (χ1) is 14.3. The van der Waals surface area contributed by atoms with E-state index in [4.69, 9.17) is 0 Å². The molecule has 0 amide bonds. The van der Waals surface area contributed by atoms with Crippen molar-refractivity contribution in [1.29, 1.82) is 0 Å². The SMILES string of the molecule is C=CC1c2ccccc2N(S(=O)(=O)c2ccc(C)cc2)C1C(=O)c1cccc(Br)c1. The molecule has 0 radical (unpaired) electrons. The van der Waals surface area contributed by atoms with Crippen LogP contribution in [0.3, 0.4) is 0 Å². The molecule has 0 bridgehead atoms. The van der Waals surface area contributed by atoms with Crippen LogP contribution < -0.4 is 4.31 Å². The Hall–Kier alpha value is -2.70. The molecule has 4 rings (SSSR count). The number of nitrogens with zero attached hydrogens (tertiary/aromatic N) is 1. The lowest BCUT2D eigenvalue weighted by atomic mass is 9.90. The lowest BCUT2D eigenvalue weighted by Crippen LogP contribution is -2.44. The van der Waals surface area contributed by atoms with Gasteiger partial charge in [0.1, 0.15) is 6.04 Å². The summed E-state index contributed by atoms with van der Waals surface area (Å²) >= 11 is 3.39. The number of para-hydroxylation sites is 1. The van der Waals surface area contributed by atoms with Gasteiger partial charge < -0.3 is 0 Å². The summed E-state index contributed by atoms with van der Waals surface area (Å²) in [4.78, 5) is 13.8. The van der Waals surface area contributed by atoms with Crippen molar-refractivity contribution in [2.24, 2.45) is 0 Å². The van der Waals surface area contributed by atoms with Crippen LogP contribution in [0.5, 0.6) is 0 Å². The lowest BCUT2D eigenvalue weighted by molar-refractivity contribution is 0.0960. The summed E-state index contributed by atoms with van der Waals surface area (Å²) in [7, 11) is -3.97. The van der Waals surface area contributed by atoms with Gasteiger partial charge in [-0.3, -0.25) is 9.10 Å². The first kappa shape index (κ1) is 20.6. The topological polar surface area (TPSA) is 54.5 Å². The maximum Gasteiger partial charge on any atom is 0.265 e. The quantitative estimate of drug-likeness (QED) is 0.357. The molecule has 0 fully saturated rings. The third-order valence-corrected chi connectivity index (χ3v) is 7.64. The smallest absolute Gasteiger partial charge is 0.265 e. The molecule has 30 heavy (non-hydrogen) atoms. The van der Waals surface area contributed by atoms with Crippen LogP contribution in [0.25, 0.3) is 0 Å². The zero-order chi connectivity index (χ0) is 21.5. The van der Waals surface area contributed by atoms with Gasteiger partial charge in [0.25, 0.3) is 10.0 Å². The molecule has 4 nitrogen and oxygen atoms in total. The van der Waals surface area contributed by atoms with Crippen LogP contribution in [-0.2, 0) is 10.0 Å². The third kappa shape index (κ3) is 3.40. The summed E-state index contributed by atoms with van der Waals surface area (Å²) in [6, 6.07) is 19.9. The van der Waals surface area contributed by atoms with Crippen molar-refractivity contribution < 1.29 is 13.2 Å². The molecule has 6 heteroatoms. The van der Waals surface area contributed by atoms with Crippen molar-refractivity contribution in [2.75, 3.05) is 4.31 Å². The van der Waals surface area contributed by atoms with E-state index in [1.807, 2.05) is 25.1 Å². The maximum atomic E-state index is 13.7. The van der Waals surface area contributed by atoms with E-state index in [1.165, 1.54) is 4.31 Å². The van der Waals surface area contributed by atoms with Gasteiger partial charge in [-0.2, -0.15) is 0 Å². The molecule has 0 aliphatic carbocycles. The monoisotopic (exact) mass is 481 g/mol. The minimum Gasteiger partial charge on any atom is -0.292 e. The number of benzene rings is 3. The van der Waals surface area contributed by atoms with Crippen LogP contribution in [0.4, 0.5) is 5.69 Å². The van der Waals surface area contributed by atoms with Crippen molar-refractivity contribution >= 4 is 37.4 Å². The van der Waals surface area contributed by atoms with Gasteiger partial charge in [-0.1, -0.05) is 70.0 Å². The molecule has 152 valence electrons. The van der Waals surface area contributed by atoms with E-state index in [9.17, 15) is 13.2 Å². The van der Waals surface area contributed by atoms with Crippen molar-refractivity contribution in [3.8, 4) is 0 Å². The van der Waals surface area contributed by atoms with Gasteiger partial charge in [0.2, 0.25) is 0 Å². The Bertz CT molecular complexity index is 1240. The van der Waals surface area contributed by atoms with E-state index < -0.39 is 22.0 Å². The summed E-state index contributed by atoms with van der Waals surface area (Å²) in [5.41, 5.74) is 2.69. The Kier molecular flexibility index (Phi) is 5.38. The Morgan fingerprint density at radius 1 is 1.03 bits per heavy atom. The third-order valence-electron chi connectivity index (χ3n) is 5.34. The second-order valence-corrected chi connectivity index (χ2v) is 9.98. The highest BCUT2D eigenvalue weighted by atomic mass is 79.9. The second kappa shape index (κ2) is 7.85. The normalized spacial score (nSPS) is 18.1. The Morgan fingerprint density at radius 3 is 2.40 bits per heavy atom. The van der Waals surface area contributed by atoms with Crippen LogP contribution in [0.15, 0.2) is 94.8 Å². The van der Waals surface area contributed by atoms with Gasteiger partial charge in [0.05, 0.1) is 10.6 Å². The van der Waals surface area contributed by atoms with Crippen LogP contribution in [0.2, 0.25) is 0 Å². The number of sulfonamides is 1. The van der Waals surface area contributed by atoms with Gasteiger partial charge in [0.15, 0.2) is 5.78 Å². The summed E-state index contributed by atoms with van der Waals surface area (Å²) in [5, 5.41) is 0. The van der Waals surface area contributed by atoms with Crippen LogP contribution in [0.1, 0.15) is 27.4 Å². The number of aryl methyl sites for hydroxylation is 1. The Morgan fingerprint density at radius 2 is 1.73 bits per heavy atom. The van der Waals surface area contributed by atoms with Crippen molar-refractivity contribution in [3.05, 3.63) is 107 Å². The molecule has 0 spiro atoms. The molecule has 0 saturated heterocycles. The van der Waals surface area contributed by atoms with Crippen molar-refractivity contribution in [3.63, 3.8) is 0 Å². The predicted molar refractivity (Wildman–Crippen MR) is 122 cm³/mol. The number of hydrogen-bond acceptors (Lipinski definition) is 3. The fraction of sp³-hybridized carbons (Fsp3) is 0.125. The second-order valence-electron chi connectivity index (χ2n) is 7.25. The molecule has 3 aromatic carbocycles. The highest BCUT2D eigenvalue weighted by Gasteiger charge is 2.47. The summed E-state index contributed by atoms with van der Waals surface area (Å²) in [6.45, 7) is 5.80. The van der Waals surface area contributed by atoms with Crippen LogP contribution in [0, 0.1) is 6.92 Å². The minimum atomic E-state index is -3.97. The van der Waals surface area contributed by atoms with Crippen molar-refractivity contribution in [2.45, 2.75) is 23.8 Å². The summed E-state index contributed by atoms with van der Waals surface area (Å²) in [6.07, 6.45) is 1.66. The van der Waals surface area contributed by atoms with E-state index in [-0.39, 0.29) is 10.7 Å². The molecule has 2 unspecified atom stereocenters. The van der Waals surface area contributed by atoms with Gasteiger partial charge in [-0.25, -0.2) is 8.42 Å². The van der Waals surface area contributed by atoms with E-state index >= 15 is 0 Å². The molecule has 0 N–H and O–H groups in total. The number of hydrogen-bond donors (Lipinski definition) is 0. The zero-order valence-corrected chi connectivity index (χ0v) is 18.7. The first-order valence-electron chi connectivity index (χ1n) is 9.47. The largest absolute Gasteiger partial charge is 0.292 e. The lowest BCUT2D eigenvalue weighted by Gasteiger charge is -2.28. The molecule has 0 saturated carbocycles.